The zero-order chi connectivity index (χ0) is 20.8. The highest BCUT2D eigenvalue weighted by molar-refractivity contribution is 5.93. The zero-order valence-electron chi connectivity index (χ0n) is 16.2. The molecule has 2 aromatic carbocycles. The van der Waals surface area contributed by atoms with Gasteiger partial charge in [0.2, 0.25) is 5.91 Å². The van der Waals surface area contributed by atoms with E-state index in [1.165, 1.54) is 17.7 Å². The first-order chi connectivity index (χ1) is 14.0. The number of aryl methyl sites for hydroxylation is 1. The number of carbonyl (C=O) groups is 2. The predicted molar refractivity (Wildman–Crippen MR) is 110 cm³/mol. The standard InChI is InChI=1S/C22H21N3O4/c1-3-17-13-20(27)25(21(24-17)15-7-5-4-6-8-15)14-19(26)23-18-11-9-16(10-12-18)22(28)29-2/h4-13H,3,14H2,1-2H3,(H,23,26). The molecule has 0 aliphatic rings. The van der Waals surface area contributed by atoms with E-state index >= 15 is 0 Å². The van der Waals surface area contributed by atoms with E-state index < -0.39 is 5.97 Å². The van der Waals surface area contributed by atoms with Crippen molar-refractivity contribution in [3.8, 4) is 11.4 Å². The summed E-state index contributed by atoms with van der Waals surface area (Å²) < 4.78 is 6.01. The Labute approximate surface area is 168 Å². The van der Waals surface area contributed by atoms with Gasteiger partial charge in [-0.15, -0.1) is 0 Å². The first-order valence-electron chi connectivity index (χ1n) is 9.16. The molecule has 0 saturated heterocycles. The number of esters is 1. The molecule has 0 fully saturated rings. The van der Waals surface area contributed by atoms with Crippen LogP contribution < -0.4 is 10.9 Å². The SMILES string of the molecule is CCc1cc(=O)n(CC(=O)Nc2ccc(C(=O)OC)cc2)c(-c2ccccc2)n1. The molecule has 1 heterocycles. The molecule has 29 heavy (non-hydrogen) atoms. The molecular formula is C22H21N3O4. The summed E-state index contributed by atoms with van der Waals surface area (Å²) in [4.78, 5) is 41.2. The molecule has 0 spiro atoms. The fourth-order valence-corrected chi connectivity index (χ4v) is 2.85. The lowest BCUT2D eigenvalue weighted by atomic mass is 10.2. The van der Waals surface area contributed by atoms with Crippen LogP contribution in [0.25, 0.3) is 11.4 Å². The Bertz CT molecular complexity index is 1070. The van der Waals surface area contributed by atoms with Crippen molar-refractivity contribution in [1.82, 2.24) is 9.55 Å². The topological polar surface area (TPSA) is 90.3 Å². The van der Waals surface area contributed by atoms with Crippen LogP contribution in [-0.2, 0) is 22.5 Å². The number of anilines is 1. The second-order valence-corrected chi connectivity index (χ2v) is 6.33. The van der Waals surface area contributed by atoms with Crippen LogP contribution >= 0.6 is 0 Å². The molecule has 0 atom stereocenters. The molecule has 0 saturated carbocycles. The van der Waals surface area contributed by atoms with Gasteiger partial charge in [0.05, 0.1) is 12.7 Å². The van der Waals surface area contributed by atoms with Crippen LogP contribution in [0.2, 0.25) is 0 Å². The summed E-state index contributed by atoms with van der Waals surface area (Å²) in [6.45, 7) is 1.74. The lowest BCUT2D eigenvalue weighted by Gasteiger charge is -2.13. The summed E-state index contributed by atoms with van der Waals surface area (Å²) in [6, 6.07) is 17.0. The summed E-state index contributed by atoms with van der Waals surface area (Å²) in [5.41, 5.74) is 2.04. The molecule has 3 aromatic rings. The van der Waals surface area contributed by atoms with E-state index in [9.17, 15) is 14.4 Å². The van der Waals surface area contributed by atoms with Crippen molar-refractivity contribution < 1.29 is 14.3 Å². The highest BCUT2D eigenvalue weighted by Gasteiger charge is 2.14. The Hall–Kier alpha value is -3.74. The van der Waals surface area contributed by atoms with E-state index in [0.29, 0.717) is 29.2 Å². The third-order valence-corrected chi connectivity index (χ3v) is 4.35. The fourth-order valence-electron chi connectivity index (χ4n) is 2.85. The first-order valence-corrected chi connectivity index (χ1v) is 9.16. The molecule has 0 aliphatic carbocycles. The summed E-state index contributed by atoms with van der Waals surface area (Å²) in [5.74, 6) is -0.378. The number of carbonyl (C=O) groups excluding carboxylic acids is 2. The maximum absolute atomic E-state index is 12.6. The summed E-state index contributed by atoms with van der Waals surface area (Å²) in [6.07, 6.45) is 0.620. The van der Waals surface area contributed by atoms with Crippen LogP contribution in [0.15, 0.2) is 65.5 Å². The molecule has 3 rings (SSSR count). The molecular weight excluding hydrogens is 370 g/mol. The van der Waals surface area contributed by atoms with Gasteiger partial charge in [-0.3, -0.25) is 14.2 Å². The third-order valence-electron chi connectivity index (χ3n) is 4.35. The minimum atomic E-state index is -0.455. The number of methoxy groups -OCH3 is 1. The lowest BCUT2D eigenvalue weighted by molar-refractivity contribution is -0.116. The zero-order valence-corrected chi connectivity index (χ0v) is 16.2. The third kappa shape index (κ3) is 4.76. The van der Waals surface area contributed by atoms with Crippen LogP contribution in [0.3, 0.4) is 0 Å². The molecule has 7 heteroatoms. The minimum Gasteiger partial charge on any atom is -0.465 e. The number of ether oxygens (including phenoxy) is 1. The predicted octanol–water partition coefficient (Wildman–Crippen LogP) is 2.90. The van der Waals surface area contributed by atoms with Crippen LogP contribution in [0.4, 0.5) is 5.69 Å². The van der Waals surface area contributed by atoms with Gasteiger partial charge in [-0.05, 0) is 30.7 Å². The van der Waals surface area contributed by atoms with Gasteiger partial charge in [-0.1, -0.05) is 37.3 Å². The molecule has 0 bridgehead atoms. The maximum atomic E-state index is 12.6. The monoisotopic (exact) mass is 391 g/mol. The average molecular weight is 391 g/mol. The van der Waals surface area contributed by atoms with E-state index in [4.69, 9.17) is 0 Å². The first kappa shape index (κ1) is 20.0. The lowest BCUT2D eigenvalue weighted by Crippen LogP contribution is -2.30. The Morgan fingerprint density at radius 3 is 2.38 bits per heavy atom. The van der Waals surface area contributed by atoms with E-state index in [0.717, 1.165) is 5.56 Å². The molecule has 0 radical (unpaired) electrons. The van der Waals surface area contributed by atoms with Crippen molar-refractivity contribution in [2.75, 3.05) is 12.4 Å². The number of hydrogen-bond acceptors (Lipinski definition) is 5. The van der Waals surface area contributed by atoms with E-state index in [-0.39, 0.29) is 18.0 Å². The number of nitrogens with one attached hydrogen (secondary N) is 1. The number of aromatic nitrogens is 2. The highest BCUT2D eigenvalue weighted by Crippen LogP contribution is 2.16. The van der Waals surface area contributed by atoms with Crippen molar-refractivity contribution in [1.29, 1.82) is 0 Å². The van der Waals surface area contributed by atoms with Gasteiger partial charge in [0.1, 0.15) is 12.4 Å². The molecule has 1 aromatic heterocycles. The molecule has 1 amide bonds. The van der Waals surface area contributed by atoms with Crippen molar-refractivity contribution >= 4 is 17.6 Å². The molecule has 0 aliphatic heterocycles. The second kappa shape index (κ2) is 8.97. The molecule has 7 nitrogen and oxygen atoms in total. The number of hydrogen-bond donors (Lipinski definition) is 1. The minimum absolute atomic E-state index is 0.182. The van der Waals surface area contributed by atoms with Crippen LogP contribution in [0.5, 0.6) is 0 Å². The van der Waals surface area contributed by atoms with Gasteiger partial charge in [0.25, 0.3) is 5.56 Å². The smallest absolute Gasteiger partial charge is 0.337 e. The fraction of sp³-hybridized carbons (Fsp3) is 0.182. The Morgan fingerprint density at radius 2 is 1.76 bits per heavy atom. The summed E-state index contributed by atoms with van der Waals surface area (Å²) in [7, 11) is 1.30. The Kier molecular flexibility index (Phi) is 6.19. The number of nitrogens with zero attached hydrogens (tertiary/aromatic N) is 2. The van der Waals surface area contributed by atoms with Crippen LogP contribution in [-0.4, -0.2) is 28.5 Å². The van der Waals surface area contributed by atoms with E-state index in [1.54, 1.807) is 24.3 Å². The quantitative estimate of drug-likeness (QED) is 0.653. The van der Waals surface area contributed by atoms with Crippen LogP contribution in [0.1, 0.15) is 23.0 Å². The van der Waals surface area contributed by atoms with E-state index in [1.807, 2.05) is 37.3 Å². The van der Waals surface area contributed by atoms with Gasteiger partial charge in [0.15, 0.2) is 0 Å². The van der Waals surface area contributed by atoms with Crippen molar-refractivity contribution in [2.45, 2.75) is 19.9 Å². The number of benzene rings is 2. The second-order valence-electron chi connectivity index (χ2n) is 6.33. The molecule has 148 valence electrons. The van der Waals surface area contributed by atoms with Gasteiger partial charge in [0, 0.05) is 23.0 Å². The van der Waals surface area contributed by atoms with Crippen molar-refractivity contribution in [2.24, 2.45) is 0 Å². The highest BCUT2D eigenvalue weighted by atomic mass is 16.5. The summed E-state index contributed by atoms with van der Waals surface area (Å²) in [5, 5.41) is 2.73. The Morgan fingerprint density at radius 1 is 1.07 bits per heavy atom. The van der Waals surface area contributed by atoms with Gasteiger partial charge in [-0.25, -0.2) is 9.78 Å². The van der Waals surface area contributed by atoms with Crippen molar-refractivity contribution in [3.05, 3.63) is 82.3 Å². The van der Waals surface area contributed by atoms with Gasteiger partial charge < -0.3 is 10.1 Å². The largest absolute Gasteiger partial charge is 0.465 e. The Balaban J connectivity index is 1.85. The van der Waals surface area contributed by atoms with E-state index in [2.05, 4.69) is 15.0 Å². The average Bonchev–Trinajstić information content (AvgIpc) is 2.75. The van der Waals surface area contributed by atoms with Crippen LogP contribution in [0, 0.1) is 0 Å². The molecule has 0 unspecified atom stereocenters. The number of amides is 1. The van der Waals surface area contributed by atoms with Gasteiger partial charge in [-0.2, -0.15) is 0 Å². The molecule has 1 N–H and O–H groups in total. The number of rotatable bonds is 6. The summed E-state index contributed by atoms with van der Waals surface area (Å²) >= 11 is 0. The van der Waals surface area contributed by atoms with Gasteiger partial charge >= 0.3 is 5.97 Å². The normalized spacial score (nSPS) is 10.4. The van der Waals surface area contributed by atoms with Crippen molar-refractivity contribution in [3.63, 3.8) is 0 Å². The maximum Gasteiger partial charge on any atom is 0.337 e.